The SMILES string of the molecule is CN1CCC2(CC1)C[C@H](NC(=O)Cc1n[nH]c(=O)c3ccccc13)c1ccccc1O2. The molecule has 1 saturated heterocycles. The predicted molar refractivity (Wildman–Crippen MR) is 118 cm³/mol. The molecule has 1 amide bonds. The summed E-state index contributed by atoms with van der Waals surface area (Å²) in [6.07, 6.45) is 2.74. The lowest BCUT2D eigenvalue weighted by Crippen LogP contribution is -2.51. The summed E-state index contributed by atoms with van der Waals surface area (Å²) >= 11 is 0. The highest BCUT2D eigenvalue weighted by molar-refractivity contribution is 5.88. The van der Waals surface area contributed by atoms with Crippen LogP contribution in [0.15, 0.2) is 53.3 Å². The van der Waals surface area contributed by atoms with E-state index in [0.29, 0.717) is 16.5 Å². The van der Waals surface area contributed by atoms with E-state index in [-0.39, 0.29) is 29.5 Å². The summed E-state index contributed by atoms with van der Waals surface area (Å²) in [5.41, 5.74) is 1.09. The molecule has 7 heteroatoms. The number of hydrogen-bond donors (Lipinski definition) is 2. The van der Waals surface area contributed by atoms with E-state index in [1.54, 1.807) is 12.1 Å². The number of aromatic nitrogens is 2. The van der Waals surface area contributed by atoms with Gasteiger partial charge in [-0.15, -0.1) is 0 Å². The number of hydrogen-bond acceptors (Lipinski definition) is 5. The van der Waals surface area contributed by atoms with Crippen LogP contribution in [0.4, 0.5) is 0 Å². The van der Waals surface area contributed by atoms with Crippen molar-refractivity contribution >= 4 is 16.7 Å². The van der Waals surface area contributed by atoms with Crippen LogP contribution in [0.1, 0.15) is 36.6 Å². The normalized spacial score (nSPS) is 20.2. The third kappa shape index (κ3) is 3.81. The highest BCUT2D eigenvalue weighted by Gasteiger charge is 2.43. The molecule has 0 aliphatic carbocycles. The third-order valence-electron chi connectivity index (χ3n) is 6.53. The van der Waals surface area contributed by atoms with Gasteiger partial charge in [0.15, 0.2) is 0 Å². The monoisotopic (exact) mass is 418 g/mol. The Balaban J connectivity index is 1.39. The van der Waals surface area contributed by atoms with E-state index in [1.165, 1.54) is 0 Å². The standard InChI is InChI=1S/C24H26N4O3/c1-28-12-10-24(11-13-28)15-20(18-8-4-5-9-21(18)31-24)25-22(29)14-19-16-6-2-3-7-17(16)23(30)27-26-19/h2-9,20H,10-15H2,1H3,(H,25,29)(H,27,30)/t20-/m0/s1. The first-order chi connectivity index (χ1) is 15.0. The molecule has 0 saturated carbocycles. The molecule has 2 aliphatic rings. The maximum atomic E-state index is 13.1. The Labute approximate surface area is 180 Å². The second-order valence-electron chi connectivity index (χ2n) is 8.67. The number of piperidine rings is 1. The van der Waals surface area contributed by atoms with Crippen molar-refractivity contribution in [2.75, 3.05) is 20.1 Å². The second kappa shape index (κ2) is 7.81. The maximum absolute atomic E-state index is 13.1. The van der Waals surface area contributed by atoms with Gasteiger partial charge in [-0.25, -0.2) is 5.10 Å². The minimum absolute atomic E-state index is 0.104. The number of ether oxygens (including phenoxy) is 1. The molecule has 1 fully saturated rings. The summed E-state index contributed by atoms with van der Waals surface area (Å²) in [7, 11) is 2.13. The van der Waals surface area contributed by atoms with E-state index < -0.39 is 0 Å². The molecule has 2 aliphatic heterocycles. The van der Waals surface area contributed by atoms with Crippen LogP contribution < -0.4 is 15.6 Å². The summed E-state index contributed by atoms with van der Waals surface area (Å²) in [5, 5.41) is 11.1. The van der Waals surface area contributed by atoms with Gasteiger partial charge in [-0.05, 0) is 32.0 Å². The van der Waals surface area contributed by atoms with Crippen LogP contribution in [0.25, 0.3) is 10.8 Å². The Morgan fingerprint density at radius 1 is 1.16 bits per heavy atom. The van der Waals surface area contributed by atoms with Gasteiger partial charge in [0.2, 0.25) is 5.91 Å². The Bertz CT molecular complexity index is 1180. The fraction of sp³-hybridized carbons (Fsp3) is 0.375. The van der Waals surface area contributed by atoms with Crippen molar-refractivity contribution in [1.82, 2.24) is 20.4 Å². The molecule has 3 heterocycles. The van der Waals surface area contributed by atoms with Crippen molar-refractivity contribution in [3.05, 3.63) is 70.1 Å². The number of amides is 1. The Kier molecular flexibility index (Phi) is 4.98. The first-order valence-electron chi connectivity index (χ1n) is 10.8. The largest absolute Gasteiger partial charge is 0.487 e. The molecular weight excluding hydrogens is 392 g/mol. The molecule has 0 bridgehead atoms. The average molecular weight is 418 g/mol. The van der Waals surface area contributed by atoms with E-state index in [4.69, 9.17) is 4.74 Å². The molecule has 2 aromatic carbocycles. The van der Waals surface area contributed by atoms with Crippen molar-refractivity contribution in [3.63, 3.8) is 0 Å². The molecule has 1 spiro atoms. The van der Waals surface area contributed by atoms with Crippen LogP contribution in [-0.4, -0.2) is 46.7 Å². The number of H-pyrrole nitrogens is 1. The van der Waals surface area contributed by atoms with Gasteiger partial charge in [0.05, 0.1) is 23.5 Å². The minimum Gasteiger partial charge on any atom is -0.487 e. The van der Waals surface area contributed by atoms with Gasteiger partial charge in [0.25, 0.3) is 5.56 Å². The number of benzene rings is 2. The zero-order valence-corrected chi connectivity index (χ0v) is 17.6. The lowest BCUT2D eigenvalue weighted by molar-refractivity contribution is -0.122. The number of carbonyl (C=O) groups is 1. The van der Waals surface area contributed by atoms with Gasteiger partial charge in [-0.1, -0.05) is 36.4 Å². The van der Waals surface area contributed by atoms with Gasteiger partial charge in [0, 0.05) is 30.5 Å². The van der Waals surface area contributed by atoms with Crippen molar-refractivity contribution in [3.8, 4) is 5.75 Å². The van der Waals surface area contributed by atoms with Crippen molar-refractivity contribution in [2.24, 2.45) is 0 Å². The fourth-order valence-corrected chi connectivity index (χ4v) is 4.78. The summed E-state index contributed by atoms with van der Waals surface area (Å²) in [6, 6.07) is 15.1. The maximum Gasteiger partial charge on any atom is 0.272 e. The highest BCUT2D eigenvalue weighted by Crippen LogP contribution is 2.44. The third-order valence-corrected chi connectivity index (χ3v) is 6.53. The first kappa shape index (κ1) is 19.8. The van der Waals surface area contributed by atoms with Crippen LogP contribution >= 0.6 is 0 Å². The highest BCUT2D eigenvalue weighted by atomic mass is 16.5. The Morgan fingerprint density at radius 3 is 2.68 bits per heavy atom. The Hall–Kier alpha value is -3.19. The lowest BCUT2D eigenvalue weighted by atomic mass is 9.80. The summed E-state index contributed by atoms with van der Waals surface area (Å²) in [5.74, 6) is 0.741. The number of nitrogens with zero attached hydrogens (tertiary/aromatic N) is 2. The van der Waals surface area contributed by atoms with Gasteiger partial charge >= 0.3 is 0 Å². The minimum atomic E-state index is -0.248. The zero-order chi connectivity index (χ0) is 21.4. The molecule has 0 radical (unpaired) electrons. The molecule has 0 unspecified atom stereocenters. The van der Waals surface area contributed by atoms with E-state index in [9.17, 15) is 9.59 Å². The van der Waals surface area contributed by atoms with E-state index in [1.807, 2.05) is 36.4 Å². The molecule has 3 aromatic rings. The lowest BCUT2D eigenvalue weighted by Gasteiger charge is -2.46. The number of nitrogens with one attached hydrogen (secondary N) is 2. The van der Waals surface area contributed by atoms with Crippen molar-refractivity contribution in [2.45, 2.75) is 37.3 Å². The van der Waals surface area contributed by atoms with E-state index >= 15 is 0 Å². The molecule has 160 valence electrons. The van der Waals surface area contributed by atoms with Crippen LogP contribution in [0, 0.1) is 0 Å². The molecule has 31 heavy (non-hydrogen) atoms. The van der Waals surface area contributed by atoms with Gasteiger partial charge in [-0.2, -0.15) is 5.10 Å². The quantitative estimate of drug-likeness (QED) is 0.683. The topological polar surface area (TPSA) is 87.3 Å². The fourth-order valence-electron chi connectivity index (χ4n) is 4.78. The van der Waals surface area contributed by atoms with Crippen LogP contribution in [0.3, 0.4) is 0 Å². The van der Waals surface area contributed by atoms with Gasteiger partial charge in [-0.3, -0.25) is 9.59 Å². The van der Waals surface area contributed by atoms with Crippen molar-refractivity contribution in [1.29, 1.82) is 0 Å². The van der Waals surface area contributed by atoms with E-state index in [2.05, 4.69) is 27.5 Å². The second-order valence-corrected chi connectivity index (χ2v) is 8.67. The van der Waals surface area contributed by atoms with Crippen molar-refractivity contribution < 1.29 is 9.53 Å². The summed E-state index contributed by atoms with van der Waals surface area (Å²) < 4.78 is 6.48. The Morgan fingerprint density at radius 2 is 1.87 bits per heavy atom. The van der Waals surface area contributed by atoms with Crippen LogP contribution in [-0.2, 0) is 11.2 Å². The number of likely N-dealkylation sites (tertiary alicyclic amines) is 1. The number of rotatable bonds is 3. The molecule has 5 rings (SSSR count). The molecule has 1 atom stereocenters. The van der Waals surface area contributed by atoms with Gasteiger partial charge < -0.3 is 15.0 Å². The zero-order valence-electron chi connectivity index (χ0n) is 17.6. The predicted octanol–water partition coefficient (Wildman–Crippen LogP) is 2.57. The first-order valence-corrected chi connectivity index (χ1v) is 10.8. The molecule has 1 aromatic heterocycles. The summed E-state index contributed by atoms with van der Waals surface area (Å²) in [6.45, 7) is 1.96. The summed E-state index contributed by atoms with van der Waals surface area (Å²) in [4.78, 5) is 27.4. The molecule has 2 N–H and O–H groups in total. The number of fused-ring (bicyclic) bond motifs is 2. The molecular formula is C24H26N4O3. The number of para-hydroxylation sites is 1. The smallest absolute Gasteiger partial charge is 0.272 e. The van der Waals surface area contributed by atoms with Crippen LogP contribution in [0.5, 0.6) is 5.75 Å². The van der Waals surface area contributed by atoms with Gasteiger partial charge in [0.1, 0.15) is 11.4 Å². The average Bonchev–Trinajstić information content (AvgIpc) is 2.78. The van der Waals surface area contributed by atoms with Crippen LogP contribution in [0.2, 0.25) is 0 Å². The van der Waals surface area contributed by atoms with E-state index in [0.717, 1.165) is 43.7 Å². The number of carbonyl (C=O) groups excluding carboxylic acids is 1. The number of aromatic amines is 1. The molecule has 7 nitrogen and oxygen atoms in total.